The summed E-state index contributed by atoms with van der Waals surface area (Å²) in [5, 5.41) is 8.94. The number of hydrogen-bond donors (Lipinski definition) is 1. The van der Waals surface area contributed by atoms with Crippen molar-refractivity contribution < 1.29 is 14.3 Å². The van der Waals surface area contributed by atoms with Crippen molar-refractivity contribution in [3.63, 3.8) is 0 Å². The summed E-state index contributed by atoms with van der Waals surface area (Å²) in [5.74, 6) is -1.50. The van der Waals surface area contributed by atoms with Gasteiger partial charge < -0.3 is 5.11 Å². The van der Waals surface area contributed by atoms with Crippen LogP contribution in [-0.4, -0.2) is 11.1 Å². The average Bonchev–Trinajstić information content (AvgIpc) is 2.08. The highest BCUT2D eigenvalue weighted by atomic mass is 19.1. The highest BCUT2D eigenvalue weighted by Crippen LogP contribution is 2.26. The van der Waals surface area contributed by atoms with Crippen molar-refractivity contribution >= 4 is 5.97 Å². The molecule has 0 fully saturated rings. The van der Waals surface area contributed by atoms with Gasteiger partial charge in [-0.1, -0.05) is 17.7 Å². The van der Waals surface area contributed by atoms with Crippen LogP contribution in [0.5, 0.6) is 0 Å². The molecule has 1 N–H and O–H groups in total. The average molecular weight is 196 g/mol. The van der Waals surface area contributed by atoms with Gasteiger partial charge in [0.15, 0.2) is 0 Å². The van der Waals surface area contributed by atoms with E-state index in [0.717, 1.165) is 5.56 Å². The van der Waals surface area contributed by atoms with E-state index in [1.165, 1.54) is 19.9 Å². The number of halogens is 1. The first-order chi connectivity index (χ1) is 6.35. The minimum Gasteiger partial charge on any atom is -0.481 e. The van der Waals surface area contributed by atoms with Crippen LogP contribution in [0.3, 0.4) is 0 Å². The lowest BCUT2D eigenvalue weighted by molar-refractivity contribution is -0.142. The van der Waals surface area contributed by atoms with Crippen molar-refractivity contribution in [2.75, 3.05) is 0 Å². The minimum absolute atomic E-state index is 0.227. The van der Waals surface area contributed by atoms with Crippen LogP contribution >= 0.6 is 0 Å². The second kappa shape index (κ2) is 3.40. The zero-order valence-electron chi connectivity index (χ0n) is 8.47. The maximum atomic E-state index is 13.4. The molecule has 0 heterocycles. The molecule has 1 rings (SSSR count). The van der Waals surface area contributed by atoms with Gasteiger partial charge in [-0.3, -0.25) is 4.79 Å². The second-order valence-electron chi connectivity index (χ2n) is 3.91. The molecule has 2 nitrogen and oxygen atoms in total. The van der Waals surface area contributed by atoms with Crippen LogP contribution in [0.2, 0.25) is 0 Å². The van der Waals surface area contributed by atoms with Crippen molar-refractivity contribution in [1.82, 2.24) is 0 Å². The largest absolute Gasteiger partial charge is 0.481 e. The van der Waals surface area contributed by atoms with Crippen LogP contribution in [0.25, 0.3) is 0 Å². The highest BCUT2D eigenvalue weighted by Gasteiger charge is 2.32. The first-order valence-electron chi connectivity index (χ1n) is 4.35. The summed E-state index contributed by atoms with van der Waals surface area (Å²) in [7, 11) is 0. The van der Waals surface area contributed by atoms with E-state index < -0.39 is 17.2 Å². The molecular formula is C11H13FO2. The van der Waals surface area contributed by atoms with E-state index in [-0.39, 0.29) is 5.56 Å². The van der Waals surface area contributed by atoms with E-state index in [9.17, 15) is 9.18 Å². The zero-order valence-corrected chi connectivity index (χ0v) is 8.47. The summed E-state index contributed by atoms with van der Waals surface area (Å²) in [6.45, 7) is 4.79. The molecule has 0 aliphatic carbocycles. The van der Waals surface area contributed by atoms with Gasteiger partial charge in [-0.05, 0) is 26.8 Å². The maximum Gasteiger partial charge on any atom is 0.313 e. The lowest BCUT2D eigenvalue weighted by Gasteiger charge is -2.20. The Balaban J connectivity index is 3.31. The third-order valence-electron chi connectivity index (χ3n) is 2.33. The molecule has 1 aromatic carbocycles. The van der Waals surface area contributed by atoms with Crippen molar-refractivity contribution in [2.45, 2.75) is 26.2 Å². The maximum absolute atomic E-state index is 13.4. The molecule has 14 heavy (non-hydrogen) atoms. The van der Waals surface area contributed by atoms with E-state index in [0.29, 0.717) is 0 Å². The van der Waals surface area contributed by atoms with Gasteiger partial charge >= 0.3 is 5.97 Å². The summed E-state index contributed by atoms with van der Waals surface area (Å²) in [6.07, 6.45) is 0. The Morgan fingerprint density at radius 2 is 2.00 bits per heavy atom. The molecule has 76 valence electrons. The molecule has 0 spiro atoms. The molecule has 0 amide bonds. The van der Waals surface area contributed by atoms with Gasteiger partial charge in [0.05, 0.1) is 5.41 Å². The van der Waals surface area contributed by atoms with Gasteiger partial charge in [-0.2, -0.15) is 0 Å². The molecule has 0 bridgehead atoms. The number of carboxylic acid groups (broad SMARTS) is 1. The molecule has 3 heteroatoms. The fourth-order valence-electron chi connectivity index (χ4n) is 1.23. The Morgan fingerprint density at radius 1 is 1.43 bits per heavy atom. The Kier molecular flexibility index (Phi) is 2.60. The molecule has 0 aliphatic rings. The monoisotopic (exact) mass is 196 g/mol. The number of aliphatic carboxylic acids is 1. The van der Waals surface area contributed by atoms with Crippen molar-refractivity contribution in [2.24, 2.45) is 0 Å². The van der Waals surface area contributed by atoms with Gasteiger partial charge in [0.1, 0.15) is 5.82 Å². The quantitative estimate of drug-likeness (QED) is 0.789. The topological polar surface area (TPSA) is 37.3 Å². The number of benzene rings is 1. The molecule has 0 saturated carbocycles. The Bertz CT molecular complexity index is 370. The van der Waals surface area contributed by atoms with Crippen LogP contribution < -0.4 is 0 Å². The first-order valence-corrected chi connectivity index (χ1v) is 4.35. The third-order valence-corrected chi connectivity index (χ3v) is 2.33. The number of hydrogen-bond acceptors (Lipinski definition) is 1. The zero-order chi connectivity index (χ0) is 10.9. The van der Waals surface area contributed by atoms with Crippen molar-refractivity contribution in [1.29, 1.82) is 0 Å². The summed E-state index contributed by atoms with van der Waals surface area (Å²) >= 11 is 0. The number of rotatable bonds is 2. The predicted molar refractivity (Wildman–Crippen MR) is 51.8 cm³/mol. The number of aryl methyl sites for hydroxylation is 1. The van der Waals surface area contributed by atoms with E-state index in [4.69, 9.17) is 5.11 Å². The molecule has 0 radical (unpaired) electrons. The van der Waals surface area contributed by atoms with E-state index in [2.05, 4.69) is 0 Å². The Morgan fingerprint density at radius 3 is 2.50 bits per heavy atom. The predicted octanol–water partition coefficient (Wildman–Crippen LogP) is 2.50. The van der Waals surface area contributed by atoms with Crippen LogP contribution in [-0.2, 0) is 10.2 Å². The smallest absolute Gasteiger partial charge is 0.313 e. The molecule has 0 aromatic heterocycles. The lowest BCUT2D eigenvalue weighted by Crippen LogP contribution is -2.29. The van der Waals surface area contributed by atoms with Crippen LogP contribution in [0, 0.1) is 12.7 Å². The van der Waals surface area contributed by atoms with Crippen molar-refractivity contribution in [3.8, 4) is 0 Å². The molecule has 0 unspecified atom stereocenters. The molecular weight excluding hydrogens is 183 g/mol. The Hall–Kier alpha value is -1.38. The van der Waals surface area contributed by atoms with Crippen LogP contribution in [0.15, 0.2) is 18.2 Å². The van der Waals surface area contributed by atoms with Crippen LogP contribution in [0.1, 0.15) is 25.0 Å². The van der Waals surface area contributed by atoms with Crippen molar-refractivity contribution in [3.05, 3.63) is 35.1 Å². The summed E-state index contributed by atoms with van der Waals surface area (Å²) < 4.78 is 13.4. The highest BCUT2D eigenvalue weighted by molar-refractivity contribution is 5.80. The van der Waals surface area contributed by atoms with E-state index in [1.807, 2.05) is 0 Å². The van der Waals surface area contributed by atoms with E-state index >= 15 is 0 Å². The summed E-state index contributed by atoms with van der Waals surface area (Å²) in [5.41, 5.74) is -0.100. The van der Waals surface area contributed by atoms with Gasteiger partial charge in [-0.15, -0.1) is 0 Å². The van der Waals surface area contributed by atoms with E-state index in [1.54, 1.807) is 19.1 Å². The number of carboxylic acids is 1. The fraction of sp³-hybridized carbons (Fsp3) is 0.364. The SMILES string of the molecule is Cc1ccc(F)c(C(C)(C)C(=O)O)c1. The van der Waals surface area contributed by atoms with Gasteiger partial charge in [-0.25, -0.2) is 4.39 Å². The Labute approximate surface area is 82.4 Å². The first kappa shape index (κ1) is 10.7. The standard InChI is InChI=1S/C11H13FO2/c1-7-4-5-9(12)8(6-7)11(2,3)10(13)14/h4-6H,1-3H3,(H,13,14). The van der Waals surface area contributed by atoms with Crippen LogP contribution in [0.4, 0.5) is 4.39 Å². The normalized spacial score (nSPS) is 11.4. The third kappa shape index (κ3) is 1.76. The molecule has 0 atom stereocenters. The summed E-state index contributed by atoms with van der Waals surface area (Å²) in [4.78, 5) is 10.9. The molecule has 1 aromatic rings. The van der Waals surface area contributed by atoms with Gasteiger partial charge in [0.2, 0.25) is 0 Å². The molecule has 0 saturated heterocycles. The number of carbonyl (C=O) groups is 1. The summed E-state index contributed by atoms with van der Waals surface area (Å²) in [6, 6.07) is 4.50. The second-order valence-corrected chi connectivity index (χ2v) is 3.91. The molecule has 0 aliphatic heterocycles. The van der Waals surface area contributed by atoms with Gasteiger partial charge in [0.25, 0.3) is 0 Å². The fourth-order valence-corrected chi connectivity index (χ4v) is 1.23. The lowest BCUT2D eigenvalue weighted by atomic mass is 9.84. The van der Waals surface area contributed by atoms with Gasteiger partial charge in [0, 0.05) is 5.56 Å². The minimum atomic E-state index is -1.18.